The van der Waals surface area contributed by atoms with Crippen LogP contribution in [0.25, 0.3) is 0 Å². The van der Waals surface area contributed by atoms with Crippen LogP contribution < -0.4 is 0 Å². The molecule has 19 heavy (non-hydrogen) atoms. The molecule has 0 spiro atoms. The predicted octanol–water partition coefficient (Wildman–Crippen LogP) is 3.13. The molecule has 0 bridgehead atoms. The Kier molecular flexibility index (Phi) is 4.11. The zero-order valence-corrected chi connectivity index (χ0v) is 11.8. The van der Waals surface area contributed by atoms with Crippen molar-refractivity contribution >= 4 is 17.5 Å². The molecular formula is C15H17ClN2O. The van der Waals surface area contributed by atoms with Crippen LogP contribution in [0.15, 0.2) is 24.3 Å². The Bertz CT molecular complexity index is 517. The van der Waals surface area contributed by atoms with E-state index in [1.807, 2.05) is 24.3 Å². The van der Waals surface area contributed by atoms with E-state index in [1.165, 1.54) is 0 Å². The maximum atomic E-state index is 12.6. The first-order valence-electron chi connectivity index (χ1n) is 6.49. The van der Waals surface area contributed by atoms with E-state index >= 15 is 0 Å². The Morgan fingerprint density at radius 1 is 1.53 bits per heavy atom. The van der Waals surface area contributed by atoms with Crippen LogP contribution in [0.1, 0.15) is 31.2 Å². The van der Waals surface area contributed by atoms with Crippen molar-refractivity contribution in [2.45, 2.75) is 31.1 Å². The Labute approximate surface area is 118 Å². The summed E-state index contributed by atoms with van der Waals surface area (Å²) in [6, 6.07) is 9.64. The van der Waals surface area contributed by atoms with E-state index in [2.05, 4.69) is 6.07 Å². The van der Waals surface area contributed by atoms with E-state index < -0.39 is 5.41 Å². The van der Waals surface area contributed by atoms with Gasteiger partial charge in [-0.15, -0.1) is 0 Å². The number of carbonyl (C=O) groups is 1. The third-order valence-corrected chi connectivity index (χ3v) is 4.13. The van der Waals surface area contributed by atoms with Gasteiger partial charge in [-0.1, -0.05) is 30.2 Å². The lowest BCUT2D eigenvalue weighted by Crippen LogP contribution is -2.50. The van der Waals surface area contributed by atoms with Gasteiger partial charge in [-0.05, 0) is 30.5 Å². The Morgan fingerprint density at radius 2 is 2.26 bits per heavy atom. The van der Waals surface area contributed by atoms with Gasteiger partial charge in [0.25, 0.3) is 0 Å². The third-order valence-electron chi connectivity index (χ3n) is 3.90. The minimum Gasteiger partial charge on any atom is -0.344 e. The summed E-state index contributed by atoms with van der Waals surface area (Å²) in [5, 5.41) is 9.28. The van der Waals surface area contributed by atoms with E-state index in [0.29, 0.717) is 18.0 Å². The molecule has 0 N–H and O–H groups in total. The summed E-state index contributed by atoms with van der Waals surface area (Å²) in [5.74, 6) is 0.108. The van der Waals surface area contributed by atoms with Gasteiger partial charge in [0.2, 0.25) is 5.91 Å². The quantitative estimate of drug-likeness (QED) is 0.848. The monoisotopic (exact) mass is 276 g/mol. The van der Waals surface area contributed by atoms with Gasteiger partial charge in [-0.25, -0.2) is 0 Å². The smallest absolute Gasteiger partial charge is 0.232 e. The summed E-state index contributed by atoms with van der Waals surface area (Å²) in [7, 11) is 1.77. The molecule has 1 fully saturated rings. The maximum absolute atomic E-state index is 12.6. The number of benzene rings is 1. The number of nitrogens with zero attached hydrogens (tertiary/aromatic N) is 2. The van der Waals surface area contributed by atoms with E-state index in [1.54, 1.807) is 11.9 Å². The molecule has 0 radical (unpaired) electrons. The summed E-state index contributed by atoms with van der Waals surface area (Å²) >= 11 is 6.03. The molecule has 1 aliphatic rings. The molecule has 1 aromatic rings. The van der Waals surface area contributed by atoms with Crippen molar-refractivity contribution < 1.29 is 4.79 Å². The normalized spacial score (nSPS) is 16.3. The summed E-state index contributed by atoms with van der Waals surface area (Å²) < 4.78 is 0. The topological polar surface area (TPSA) is 44.1 Å². The van der Waals surface area contributed by atoms with Crippen LogP contribution in [0.3, 0.4) is 0 Å². The van der Waals surface area contributed by atoms with Gasteiger partial charge in [0, 0.05) is 18.6 Å². The van der Waals surface area contributed by atoms with Crippen molar-refractivity contribution in [1.29, 1.82) is 5.26 Å². The van der Waals surface area contributed by atoms with Crippen molar-refractivity contribution in [3.05, 3.63) is 34.9 Å². The van der Waals surface area contributed by atoms with Gasteiger partial charge >= 0.3 is 0 Å². The summed E-state index contributed by atoms with van der Waals surface area (Å²) in [4.78, 5) is 14.3. The summed E-state index contributed by atoms with van der Waals surface area (Å²) in [5.41, 5.74) is 0.579. The molecule has 0 atom stereocenters. The zero-order valence-electron chi connectivity index (χ0n) is 11.0. The second-order valence-electron chi connectivity index (χ2n) is 5.08. The van der Waals surface area contributed by atoms with Gasteiger partial charge in [-0.2, -0.15) is 5.26 Å². The number of amides is 1. The van der Waals surface area contributed by atoms with Crippen LogP contribution in [0.4, 0.5) is 0 Å². The minimum absolute atomic E-state index is 0.108. The Morgan fingerprint density at radius 3 is 2.79 bits per heavy atom. The molecule has 4 heteroatoms. The molecule has 1 aromatic carbocycles. The first kappa shape index (κ1) is 13.9. The molecule has 0 aromatic heterocycles. The van der Waals surface area contributed by atoms with Crippen molar-refractivity contribution in [1.82, 2.24) is 4.90 Å². The second-order valence-corrected chi connectivity index (χ2v) is 5.52. The lowest BCUT2D eigenvalue weighted by atomic mass is 9.63. The van der Waals surface area contributed by atoms with Gasteiger partial charge < -0.3 is 4.90 Å². The van der Waals surface area contributed by atoms with Crippen LogP contribution in [-0.2, 0) is 10.2 Å². The average Bonchev–Trinajstić information content (AvgIpc) is 2.34. The maximum Gasteiger partial charge on any atom is 0.232 e. The Hall–Kier alpha value is -1.53. The predicted molar refractivity (Wildman–Crippen MR) is 74.8 cm³/mol. The number of halogens is 1. The van der Waals surface area contributed by atoms with Crippen LogP contribution in [0, 0.1) is 11.3 Å². The third kappa shape index (κ3) is 2.59. The average molecular weight is 277 g/mol. The fourth-order valence-corrected chi connectivity index (χ4v) is 2.82. The highest BCUT2D eigenvalue weighted by Crippen LogP contribution is 2.45. The number of nitriles is 1. The van der Waals surface area contributed by atoms with Crippen molar-refractivity contribution in [3.63, 3.8) is 0 Å². The lowest BCUT2D eigenvalue weighted by Gasteiger charge is -2.43. The zero-order chi connectivity index (χ0) is 13.9. The number of likely N-dealkylation sites (N-methyl/N-ethyl adjacent to an activating group) is 1. The molecule has 1 saturated carbocycles. The summed E-state index contributed by atoms with van der Waals surface area (Å²) in [6.45, 7) is 0.484. The molecule has 0 heterocycles. The number of hydrogen-bond donors (Lipinski definition) is 0. The van der Waals surface area contributed by atoms with Crippen LogP contribution in [0.5, 0.6) is 0 Å². The molecule has 0 aliphatic heterocycles. The fraction of sp³-hybridized carbons (Fsp3) is 0.467. The van der Waals surface area contributed by atoms with E-state index in [4.69, 9.17) is 16.9 Å². The van der Waals surface area contributed by atoms with Crippen molar-refractivity contribution in [2.24, 2.45) is 0 Å². The minimum atomic E-state index is -0.422. The molecule has 1 aliphatic carbocycles. The summed E-state index contributed by atoms with van der Waals surface area (Å²) in [6.07, 6.45) is 3.16. The first-order chi connectivity index (χ1) is 9.10. The lowest BCUT2D eigenvalue weighted by molar-refractivity contribution is -0.139. The standard InChI is InChI=1S/C15H17ClN2O/c1-18(10-4-9-17)14(19)15(7-3-8-15)12-5-2-6-13(16)11-12/h2,5-6,11H,3-4,7-8,10H2,1H3. The van der Waals surface area contributed by atoms with Gasteiger partial charge in [0.05, 0.1) is 17.9 Å². The number of rotatable bonds is 4. The first-order valence-corrected chi connectivity index (χ1v) is 6.86. The molecule has 100 valence electrons. The van der Waals surface area contributed by atoms with Gasteiger partial charge in [-0.3, -0.25) is 4.79 Å². The molecule has 0 unspecified atom stereocenters. The van der Waals surface area contributed by atoms with Crippen molar-refractivity contribution in [2.75, 3.05) is 13.6 Å². The fourth-order valence-electron chi connectivity index (χ4n) is 2.63. The molecule has 1 amide bonds. The Balaban J connectivity index is 2.23. The SMILES string of the molecule is CN(CCC#N)C(=O)C1(c2cccc(Cl)c2)CCC1. The molecule has 3 nitrogen and oxygen atoms in total. The number of hydrogen-bond acceptors (Lipinski definition) is 2. The van der Waals surface area contributed by atoms with Crippen molar-refractivity contribution in [3.8, 4) is 6.07 Å². The van der Waals surface area contributed by atoms with Crippen LogP contribution in [0.2, 0.25) is 5.02 Å². The molecule has 2 rings (SSSR count). The second kappa shape index (κ2) is 5.63. The highest BCUT2D eigenvalue weighted by Gasteiger charge is 2.46. The number of carbonyl (C=O) groups excluding carboxylic acids is 1. The van der Waals surface area contributed by atoms with E-state index in [-0.39, 0.29) is 5.91 Å². The van der Waals surface area contributed by atoms with E-state index in [9.17, 15) is 4.79 Å². The van der Waals surface area contributed by atoms with Crippen LogP contribution >= 0.6 is 11.6 Å². The van der Waals surface area contributed by atoms with Gasteiger partial charge in [0.1, 0.15) is 0 Å². The molecular weight excluding hydrogens is 260 g/mol. The molecule has 0 saturated heterocycles. The van der Waals surface area contributed by atoms with Gasteiger partial charge in [0.15, 0.2) is 0 Å². The highest BCUT2D eigenvalue weighted by atomic mass is 35.5. The largest absolute Gasteiger partial charge is 0.344 e. The van der Waals surface area contributed by atoms with Crippen LogP contribution in [-0.4, -0.2) is 24.4 Å². The van der Waals surface area contributed by atoms with E-state index in [0.717, 1.165) is 24.8 Å². The highest BCUT2D eigenvalue weighted by molar-refractivity contribution is 6.30.